The van der Waals surface area contributed by atoms with E-state index in [4.69, 9.17) is 5.11 Å². The highest BCUT2D eigenvalue weighted by atomic mass is 16.3. The smallest absolute Gasteiger partial charge is 0.344 e. The van der Waals surface area contributed by atoms with E-state index in [0.717, 1.165) is 4.57 Å². The summed E-state index contributed by atoms with van der Waals surface area (Å²) in [5.74, 6) is 0. The number of aromatic nitrogens is 3. The van der Waals surface area contributed by atoms with Gasteiger partial charge in [0.15, 0.2) is 0 Å². The molecule has 1 aromatic heterocycles. The van der Waals surface area contributed by atoms with E-state index in [1.807, 2.05) is 0 Å². The number of aliphatic hydroxyl groups is 1. The van der Waals surface area contributed by atoms with Gasteiger partial charge in [0.25, 0.3) is 0 Å². The van der Waals surface area contributed by atoms with Gasteiger partial charge < -0.3 is 5.11 Å². The lowest BCUT2D eigenvalue weighted by molar-refractivity contribution is 0.219. The Balaban J connectivity index is 3.16. The van der Waals surface area contributed by atoms with Crippen molar-refractivity contribution in [3.63, 3.8) is 0 Å². The van der Waals surface area contributed by atoms with Crippen LogP contribution in [0.5, 0.6) is 0 Å². The molecule has 0 radical (unpaired) electrons. The van der Waals surface area contributed by atoms with E-state index < -0.39 is 17.4 Å². The summed E-state index contributed by atoms with van der Waals surface area (Å²) >= 11 is 0. The van der Waals surface area contributed by atoms with Crippen LogP contribution in [0.15, 0.2) is 9.59 Å². The predicted molar refractivity (Wildman–Crippen MR) is 42.1 cm³/mol. The second-order valence-electron chi connectivity index (χ2n) is 2.47. The van der Waals surface area contributed by atoms with Crippen LogP contribution in [-0.4, -0.2) is 26.5 Å². The normalized spacial score (nSPS) is 13.2. The summed E-state index contributed by atoms with van der Waals surface area (Å²) in [6.07, 6.45) is 0.539. The number of hydrogen-bond donors (Lipinski definition) is 3. The lowest BCUT2D eigenvalue weighted by Gasteiger charge is -2.09. The van der Waals surface area contributed by atoms with Crippen LogP contribution < -0.4 is 11.4 Å². The Bertz CT molecular complexity index is 316. The number of aromatic amines is 2. The van der Waals surface area contributed by atoms with Gasteiger partial charge in [0, 0.05) is 0 Å². The van der Waals surface area contributed by atoms with E-state index >= 15 is 0 Å². The zero-order chi connectivity index (χ0) is 9.14. The van der Waals surface area contributed by atoms with Gasteiger partial charge in [-0.2, -0.15) is 0 Å². The lowest BCUT2D eigenvalue weighted by atomic mass is 10.2. The Morgan fingerprint density at radius 2 is 1.92 bits per heavy atom. The summed E-state index contributed by atoms with van der Waals surface area (Å²) in [4.78, 5) is 21.9. The minimum Gasteiger partial charge on any atom is -0.394 e. The predicted octanol–water partition coefficient (Wildman–Crippen LogP) is -1.19. The molecule has 0 saturated heterocycles. The van der Waals surface area contributed by atoms with Gasteiger partial charge in [-0.1, -0.05) is 6.92 Å². The van der Waals surface area contributed by atoms with Crippen LogP contribution in [0.4, 0.5) is 0 Å². The van der Waals surface area contributed by atoms with Crippen molar-refractivity contribution in [2.75, 3.05) is 6.61 Å². The first-order chi connectivity index (χ1) is 5.70. The average molecular weight is 173 g/mol. The van der Waals surface area contributed by atoms with Gasteiger partial charge in [-0.3, -0.25) is 0 Å². The highest BCUT2D eigenvalue weighted by Gasteiger charge is 2.12. The zero-order valence-corrected chi connectivity index (χ0v) is 6.70. The van der Waals surface area contributed by atoms with E-state index in [-0.39, 0.29) is 6.61 Å². The van der Waals surface area contributed by atoms with Crippen LogP contribution in [0.3, 0.4) is 0 Å². The van der Waals surface area contributed by atoms with Gasteiger partial charge in [-0.05, 0) is 6.42 Å². The summed E-state index contributed by atoms with van der Waals surface area (Å²) in [5, 5.41) is 13.1. The lowest BCUT2D eigenvalue weighted by Crippen LogP contribution is -2.32. The summed E-state index contributed by atoms with van der Waals surface area (Å²) in [5.41, 5.74) is -1.03. The molecule has 6 nitrogen and oxygen atoms in total. The molecular formula is C6H11N3O3. The van der Waals surface area contributed by atoms with E-state index in [9.17, 15) is 9.59 Å². The molecule has 0 amide bonds. The highest BCUT2D eigenvalue weighted by molar-refractivity contribution is 4.73. The molecule has 0 aliphatic carbocycles. The number of nitrogens with one attached hydrogen (secondary N) is 2. The molecule has 68 valence electrons. The standard InChI is InChI=1S/C6H11N3O3/c1-2-4(3-10)9-5(11)7-8-6(9)12/h4,10H,2-3H2,1H3,(H,7,11)(H,8,12). The quantitative estimate of drug-likeness (QED) is 0.536. The molecule has 12 heavy (non-hydrogen) atoms. The largest absolute Gasteiger partial charge is 0.394 e. The number of nitrogens with zero attached hydrogens (tertiary/aromatic N) is 1. The van der Waals surface area contributed by atoms with Crippen molar-refractivity contribution in [1.82, 2.24) is 14.8 Å². The summed E-state index contributed by atoms with van der Waals surface area (Å²) < 4.78 is 0.972. The highest BCUT2D eigenvalue weighted by Crippen LogP contribution is 2.02. The molecule has 0 aliphatic heterocycles. The van der Waals surface area contributed by atoms with Crippen molar-refractivity contribution in [3.05, 3.63) is 21.0 Å². The van der Waals surface area contributed by atoms with E-state index in [2.05, 4.69) is 10.2 Å². The monoisotopic (exact) mass is 173 g/mol. The van der Waals surface area contributed by atoms with Gasteiger partial charge >= 0.3 is 11.4 Å². The second kappa shape index (κ2) is 3.40. The molecule has 0 aromatic carbocycles. The molecule has 0 bridgehead atoms. The molecule has 1 unspecified atom stereocenters. The number of rotatable bonds is 3. The molecule has 1 heterocycles. The summed E-state index contributed by atoms with van der Waals surface area (Å²) in [6, 6.07) is -0.438. The molecule has 1 atom stereocenters. The van der Waals surface area contributed by atoms with Crippen LogP contribution in [0.2, 0.25) is 0 Å². The van der Waals surface area contributed by atoms with Crippen LogP contribution in [0.1, 0.15) is 19.4 Å². The van der Waals surface area contributed by atoms with E-state index in [1.165, 1.54) is 0 Å². The van der Waals surface area contributed by atoms with Crippen molar-refractivity contribution >= 4 is 0 Å². The Labute approximate surface area is 67.8 Å². The maximum Gasteiger partial charge on any atom is 0.344 e. The topological polar surface area (TPSA) is 90.9 Å². The zero-order valence-electron chi connectivity index (χ0n) is 6.70. The second-order valence-corrected chi connectivity index (χ2v) is 2.47. The van der Waals surface area contributed by atoms with Crippen molar-refractivity contribution < 1.29 is 5.11 Å². The van der Waals surface area contributed by atoms with Crippen LogP contribution >= 0.6 is 0 Å². The SMILES string of the molecule is CCC(CO)n1c(=O)[nH][nH]c1=O. The molecule has 0 aliphatic rings. The first kappa shape index (κ1) is 8.79. The van der Waals surface area contributed by atoms with Gasteiger partial charge in [0.05, 0.1) is 12.6 Å². The maximum atomic E-state index is 11.0. The molecule has 6 heteroatoms. The van der Waals surface area contributed by atoms with Gasteiger partial charge in [0.2, 0.25) is 0 Å². The molecular weight excluding hydrogens is 162 g/mol. The van der Waals surface area contributed by atoms with E-state index in [0.29, 0.717) is 6.42 Å². The van der Waals surface area contributed by atoms with Crippen LogP contribution in [-0.2, 0) is 0 Å². The van der Waals surface area contributed by atoms with Crippen LogP contribution in [0, 0.1) is 0 Å². The third-order valence-electron chi connectivity index (χ3n) is 1.76. The third kappa shape index (κ3) is 1.33. The van der Waals surface area contributed by atoms with Gasteiger partial charge in [-0.15, -0.1) is 0 Å². The first-order valence-corrected chi connectivity index (χ1v) is 3.70. The molecule has 1 aromatic rings. The van der Waals surface area contributed by atoms with Crippen molar-refractivity contribution in [2.45, 2.75) is 19.4 Å². The van der Waals surface area contributed by atoms with Crippen LogP contribution in [0.25, 0.3) is 0 Å². The van der Waals surface area contributed by atoms with Crippen molar-refractivity contribution in [1.29, 1.82) is 0 Å². The minimum atomic E-state index is -0.513. The Hall–Kier alpha value is -1.30. The fourth-order valence-corrected chi connectivity index (χ4v) is 1.04. The molecule has 0 saturated carbocycles. The minimum absolute atomic E-state index is 0.211. The van der Waals surface area contributed by atoms with E-state index in [1.54, 1.807) is 6.92 Å². The molecule has 3 N–H and O–H groups in total. The number of H-pyrrole nitrogens is 2. The average Bonchev–Trinajstić information content (AvgIpc) is 2.38. The Morgan fingerprint density at radius 1 is 1.42 bits per heavy atom. The van der Waals surface area contributed by atoms with Gasteiger partial charge in [0.1, 0.15) is 0 Å². The molecule has 0 spiro atoms. The summed E-state index contributed by atoms with van der Waals surface area (Å²) in [7, 11) is 0. The third-order valence-corrected chi connectivity index (χ3v) is 1.76. The molecule has 1 rings (SSSR count). The van der Waals surface area contributed by atoms with Crippen molar-refractivity contribution in [3.8, 4) is 0 Å². The van der Waals surface area contributed by atoms with Gasteiger partial charge in [-0.25, -0.2) is 24.4 Å². The fraction of sp³-hybridized carbons (Fsp3) is 0.667. The Kier molecular flexibility index (Phi) is 2.49. The Morgan fingerprint density at radius 3 is 2.25 bits per heavy atom. The number of aliphatic hydroxyl groups excluding tert-OH is 1. The van der Waals surface area contributed by atoms with Crippen molar-refractivity contribution in [2.24, 2.45) is 0 Å². The number of hydrogen-bond acceptors (Lipinski definition) is 3. The maximum absolute atomic E-state index is 11.0. The first-order valence-electron chi connectivity index (χ1n) is 3.70. The summed E-state index contributed by atoms with van der Waals surface area (Å²) in [6.45, 7) is 1.58. The molecule has 0 fully saturated rings. The fourth-order valence-electron chi connectivity index (χ4n) is 1.04.